The van der Waals surface area contributed by atoms with E-state index in [1.165, 1.54) is 0 Å². The van der Waals surface area contributed by atoms with Crippen molar-refractivity contribution in [1.82, 2.24) is 0 Å². The smallest absolute Gasteiger partial charge is 0.255 e. The van der Waals surface area contributed by atoms with Gasteiger partial charge in [0.05, 0.1) is 0 Å². The van der Waals surface area contributed by atoms with Gasteiger partial charge in [0.1, 0.15) is 18.1 Å². The zero-order chi connectivity index (χ0) is 13.5. The van der Waals surface area contributed by atoms with Gasteiger partial charge in [0.2, 0.25) is 0 Å². The molecule has 2 aromatic carbocycles. The summed E-state index contributed by atoms with van der Waals surface area (Å²) in [7, 11) is 0. The second-order valence-corrected chi connectivity index (χ2v) is 4.00. The van der Waals surface area contributed by atoms with E-state index in [1.807, 2.05) is 30.3 Å². The molecule has 0 saturated carbocycles. The summed E-state index contributed by atoms with van der Waals surface area (Å²) in [6, 6.07) is 17.0. The third-order valence-electron chi connectivity index (χ3n) is 2.45. The van der Waals surface area contributed by atoms with Crippen LogP contribution in [-0.2, 0) is 11.4 Å². The number of ether oxygens (including phenoxy) is 2. The molecule has 0 saturated heterocycles. The van der Waals surface area contributed by atoms with E-state index in [2.05, 4.69) is 0 Å². The Hall–Kier alpha value is -2.49. The predicted octanol–water partition coefficient (Wildman–Crippen LogP) is 2.13. The van der Waals surface area contributed by atoms with E-state index >= 15 is 0 Å². The standard InChI is InChI=1S/C15H15NO3/c16-15(17)11-19-14-8-6-13(7-9-14)18-10-12-4-2-1-3-5-12/h1-9H,10-11H2,(H2,16,17). The number of nitrogens with two attached hydrogens (primary N) is 1. The minimum atomic E-state index is -0.496. The molecule has 4 nitrogen and oxygen atoms in total. The highest BCUT2D eigenvalue weighted by Gasteiger charge is 1.99. The molecule has 19 heavy (non-hydrogen) atoms. The van der Waals surface area contributed by atoms with Crippen molar-refractivity contribution in [3.8, 4) is 11.5 Å². The van der Waals surface area contributed by atoms with Gasteiger partial charge in [0.25, 0.3) is 5.91 Å². The molecule has 0 aliphatic carbocycles. The van der Waals surface area contributed by atoms with Crippen molar-refractivity contribution in [2.45, 2.75) is 6.61 Å². The summed E-state index contributed by atoms with van der Waals surface area (Å²) in [6.45, 7) is 0.395. The van der Waals surface area contributed by atoms with Gasteiger partial charge >= 0.3 is 0 Å². The molecule has 98 valence electrons. The van der Waals surface area contributed by atoms with Gasteiger partial charge in [-0.15, -0.1) is 0 Å². The van der Waals surface area contributed by atoms with Crippen molar-refractivity contribution in [1.29, 1.82) is 0 Å². The average Bonchev–Trinajstić information content (AvgIpc) is 2.45. The fraction of sp³-hybridized carbons (Fsp3) is 0.133. The van der Waals surface area contributed by atoms with Gasteiger partial charge in [0, 0.05) is 0 Å². The highest BCUT2D eigenvalue weighted by molar-refractivity contribution is 5.75. The molecule has 0 aliphatic rings. The van der Waals surface area contributed by atoms with Gasteiger partial charge in [-0.25, -0.2) is 0 Å². The molecule has 0 fully saturated rings. The largest absolute Gasteiger partial charge is 0.489 e. The second-order valence-electron chi connectivity index (χ2n) is 4.00. The number of hydrogen-bond donors (Lipinski definition) is 1. The number of benzene rings is 2. The number of primary amides is 1. The van der Waals surface area contributed by atoms with Crippen LogP contribution in [0.1, 0.15) is 5.56 Å². The maximum absolute atomic E-state index is 10.6. The Bertz CT molecular complexity index is 523. The fourth-order valence-corrected chi connectivity index (χ4v) is 1.53. The van der Waals surface area contributed by atoms with Crippen LogP contribution in [0.2, 0.25) is 0 Å². The zero-order valence-electron chi connectivity index (χ0n) is 10.4. The summed E-state index contributed by atoms with van der Waals surface area (Å²) in [6.07, 6.45) is 0. The van der Waals surface area contributed by atoms with E-state index in [0.717, 1.165) is 11.3 Å². The first-order chi connectivity index (χ1) is 9.24. The minimum absolute atomic E-state index is 0.121. The van der Waals surface area contributed by atoms with Crippen LogP contribution >= 0.6 is 0 Å². The van der Waals surface area contributed by atoms with Gasteiger partial charge in [-0.2, -0.15) is 0 Å². The van der Waals surface area contributed by atoms with Crippen molar-refractivity contribution in [3.05, 3.63) is 60.2 Å². The summed E-state index contributed by atoms with van der Waals surface area (Å²) < 4.78 is 10.8. The Morgan fingerprint density at radius 3 is 2.05 bits per heavy atom. The normalized spacial score (nSPS) is 9.89. The monoisotopic (exact) mass is 257 g/mol. The number of hydrogen-bond acceptors (Lipinski definition) is 3. The van der Waals surface area contributed by atoms with Crippen molar-refractivity contribution >= 4 is 5.91 Å². The molecule has 0 aliphatic heterocycles. The second kappa shape index (κ2) is 6.44. The van der Waals surface area contributed by atoms with Crippen LogP contribution in [-0.4, -0.2) is 12.5 Å². The number of carbonyl (C=O) groups excluding carboxylic acids is 1. The van der Waals surface area contributed by atoms with Crippen LogP contribution in [0.4, 0.5) is 0 Å². The van der Waals surface area contributed by atoms with Gasteiger partial charge in [0.15, 0.2) is 6.61 Å². The van der Waals surface area contributed by atoms with Gasteiger partial charge < -0.3 is 15.2 Å². The van der Waals surface area contributed by atoms with Gasteiger partial charge in [-0.1, -0.05) is 30.3 Å². The predicted molar refractivity (Wildman–Crippen MR) is 71.9 cm³/mol. The molecule has 0 bridgehead atoms. The van der Waals surface area contributed by atoms with Crippen molar-refractivity contribution in [2.24, 2.45) is 5.73 Å². The third-order valence-corrected chi connectivity index (χ3v) is 2.45. The van der Waals surface area contributed by atoms with Crippen molar-refractivity contribution in [2.75, 3.05) is 6.61 Å². The molecule has 0 heterocycles. The lowest BCUT2D eigenvalue weighted by Crippen LogP contribution is -2.19. The van der Waals surface area contributed by atoms with Crippen molar-refractivity contribution in [3.63, 3.8) is 0 Å². The topological polar surface area (TPSA) is 61.6 Å². The molecular weight excluding hydrogens is 242 g/mol. The first-order valence-electron chi connectivity index (χ1n) is 5.92. The van der Waals surface area contributed by atoms with Crippen LogP contribution in [0.25, 0.3) is 0 Å². The molecule has 0 atom stereocenters. The summed E-state index contributed by atoms with van der Waals surface area (Å²) >= 11 is 0. The Morgan fingerprint density at radius 1 is 0.895 bits per heavy atom. The van der Waals surface area contributed by atoms with Gasteiger partial charge in [-0.3, -0.25) is 4.79 Å². The molecule has 4 heteroatoms. The Morgan fingerprint density at radius 2 is 1.47 bits per heavy atom. The maximum atomic E-state index is 10.6. The Balaban J connectivity index is 1.86. The first-order valence-corrected chi connectivity index (χ1v) is 5.92. The summed E-state index contributed by atoms with van der Waals surface area (Å²) in [5.41, 5.74) is 6.10. The molecule has 0 spiro atoms. The maximum Gasteiger partial charge on any atom is 0.255 e. The lowest BCUT2D eigenvalue weighted by atomic mass is 10.2. The average molecular weight is 257 g/mol. The molecule has 0 aromatic heterocycles. The van der Waals surface area contributed by atoms with Crippen LogP contribution in [0.3, 0.4) is 0 Å². The molecule has 0 radical (unpaired) electrons. The Kier molecular flexibility index (Phi) is 4.39. The molecule has 0 unspecified atom stereocenters. The van der Waals surface area contributed by atoms with Crippen LogP contribution in [0, 0.1) is 0 Å². The number of amides is 1. The van der Waals surface area contributed by atoms with Crippen LogP contribution in [0.15, 0.2) is 54.6 Å². The summed E-state index contributed by atoms with van der Waals surface area (Å²) in [4.78, 5) is 10.6. The van der Waals surface area contributed by atoms with Gasteiger partial charge in [-0.05, 0) is 29.8 Å². The van der Waals surface area contributed by atoms with E-state index in [4.69, 9.17) is 15.2 Å². The highest BCUT2D eigenvalue weighted by atomic mass is 16.5. The van der Waals surface area contributed by atoms with Crippen LogP contribution < -0.4 is 15.2 Å². The van der Waals surface area contributed by atoms with Crippen molar-refractivity contribution < 1.29 is 14.3 Å². The SMILES string of the molecule is NC(=O)COc1ccc(OCc2ccccc2)cc1. The summed E-state index contributed by atoms with van der Waals surface area (Å²) in [5, 5.41) is 0. The van der Waals surface area contributed by atoms with E-state index in [9.17, 15) is 4.79 Å². The fourth-order valence-electron chi connectivity index (χ4n) is 1.53. The molecular formula is C15H15NO3. The molecule has 2 N–H and O–H groups in total. The Labute approximate surface area is 111 Å². The molecule has 2 aromatic rings. The highest BCUT2D eigenvalue weighted by Crippen LogP contribution is 2.18. The zero-order valence-corrected chi connectivity index (χ0v) is 10.4. The molecule has 2 rings (SSSR count). The quantitative estimate of drug-likeness (QED) is 0.862. The molecule has 1 amide bonds. The van der Waals surface area contributed by atoms with E-state index < -0.39 is 5.91 Å². The number of carbonyl (C=O) groups is 1. The summed E-state index contributed by atoms with van der Waals surface area (Å²) in [5.74, 6) is 0.838. The van der Waals surface area contributed by atoms with Crippen LogP contribution in [0.5, 0.6) is 11.5 Å². The lowest BCUT2D eigenvalue weighted by molar-refractivity contribution is -0.119. The van der Waals surface area contributed by atoms with E-state index in [-0.39, 0.29) is 6.61 Å². The third kappa shape index (κ3) is 4.35. The number of rotatable bonds is 6. The van der Waals surface area contributed by atoms with E-state index in [0.29, 0.717) is 12.4 Å². The first kappa shape index (κ1) is 13.0. The minimum Gasteiger partial charge on any atom is -0.489 e. The lowest BCUT2D eigenvalue weighted by Gasteiger charge is -2.07. The van der Waals surface area contributed by atoms with E-state index in [1.54, 1.807) is 24.3 Å².